The molecule has 0 saturated carbocycles. The minimum atomic E-state index is -0.410. The number of imidazole rings is 1. The molecule has 2 aromatic heterocycles. The van der Waals surface area contributed by atoms with Gasteiger partial charge in [-0.1, -0.05) is 6.07 Å². The van der Waals surface area contributed by atoms with Crippen LogP contribution in [0.15, 0.2) is 22.1 Å². The lowest BCUT2D eigenvalue weighted by molar-refractivity contribution is 0.0761. The highest BCUT2D eigenvalue weighted by atomic mass is 79.9. The van der Waals surface area contributed by atoms with Gasteiger partial charge >= 0.3 is 0 Å². The van der Waals surface area contributed by atoms with Crippen molar-refractivity contribution in [2.24, 2.45) is 0 Å². The van der Waals surface area contributed by atoms with Crippen LogP contribution in [-0.2, 0) is 12.8 Å². The van der Waals surface area contributed by atoms with E-state index in [4.69, 9.17) is 0 Å². The monoisotopic (exact) mass is 312 g/mol. The Morgan fingerprint density at radius 3 is 3.24 bits per heavy atom. The first-order valence-corrected chi connectivity index (χ1v) is 7.39. The zero-order valence-corrected chi connectivity index (χ0v) is 11.7. The fraction of sp³-hybridized carbons (Fsp3) is 0.417. The highest BCUT2D eigenvalue weighted by molar-refractivity contribution is 9.10. The van der Waals surface area contributed by atoms with Crippen molar-refractivity contribution in [1.82, 2.24) is 9.55 Å². The highest BCUT2D eigenvalue weighted by Gasteiger charge is 2.24. The van der Waals surface area contributed by atoms with Gasteiger partial charge in [0.15, 0.2) is 0 Å². The minimum Gasteiger partial charge on any atom is -0.373 e. The number of thiophene rings is 1. The van der Waals surface area contributed by atoms with Gasteiger partial charge in [0.05, 0.1) is 5.69 Å². The number of hydrogen-bond acceptors (Lipinski definition) is 3. The van der Waals surface area contributed by atoms with Crippen molar-refractivity contribution in [3.8, 4) is 0 Å². The van der Waals surface area contributed by atoms with E-state index in [1.165, 1.54) is 4.88 Å². The molecule has 0 radical (unpaired) electrons. The number of aliphatic hydroxyl groups is 1. The van der Waals surface area contributed by atoms with E-state index < -0.39 is 6.23 Å². The number of hydrogen-bond donors (Lipinski definition) is 1. The Hall–Kier alpha value is -0.650. The molecule has 0 spiro atoms. The molecule has 17 heavy (non-hydrogen) atoms. The molecule has 0 amide bonds. The van der Waals surface area contributed by atoms with Crippen LogP contribution < -0.4 is 0 Å². The molecular weight excluding hydrogens is 300 g/mol. The molecule has 1 aliphatic heterocycles. The van der Waals surface area contributed by atoms with Crippen molar-refractivity contribution in [2.75, 3.05) is 0 Å². The number of nitrogens with zero attached hydrogens (tertiary/aromatic N) is 2. The van der Waals surface area contributed by atoms with Crippen molar-refractivity contribution in [3.63, 3.8) is 0 Å². The number of fused-ring (bicyclic) bond motifs is 1. The smallest absolute Gasteiger partial charge is 0.132 e. The Balaban J connectivity index is 2.00. The molecule has 2 aromatic rings. The van der Waals surface area contributed by atoms with Crippen LogP contribution in [0, 0.1) is 0 Å². The lowest BCUT2D eigenvalue weighted by Gasteiger charge is -2.22. The second-order valence-corrected chi connectivity index (χ2v) is 6.05. The molecule has 1 aliphatic rings. The maximum absolute atomic E-state index is 10.1. The fourth-order valence-electron chi connectivity index (χ4n) is 2.34. The van der Waals surface area contributed by atoms with Crippen LogP contribution in [-0.4, -0.2) is 14.7 Å². The number of rotatable bonds is 2. The minimum absolute atomic E-state index is 0.410. The van der Waals surface area contributed by atoms with E-state index in [-0.39, 0.29) is 0 Å². The molecule has 3 rings (SSSR count). The second-order valence-electron chi connectivity index (χ2n) is 4.26. The van der Waals surface area contributed by atoms with Crippen LogP contribution in [0.2, 0.25) is 0 Å². The van der Waals surface area contributed by atoms with Crippen molar-refractivity contribution in [2.45, 2.75) is 31.9 Å². The average Bonchev–Trinajstić information content (AvgIpc) is 2.90. The van der Waals surface area contributed by atoms with Crippen molar-refractivity contribution in [1.29, 1.82) is 0 Å². The molecule has 1 atom stereocenters. The van der Waals surface area contributed by atoms with Gasteiger partial charge in [-0.15, -0.1) is 11.3 Å². The van der Waals surface area contributed by atoms with E-state index in [9.17, 15) is 5.11 Å². The zero-order valence-electron chi connectivity index (χ0n) is 9.27. The summed E-state index contributed by atoms with van der Waals surface area (Å²) in [4.78, 5) is 5.82. The van der Waals surface area contributed by atoms with Crippen LogP contribution in [0.25, 0.3) is 0 Å². The molecule has 0 bridgehead atoms. The summed E-state index contributed by atoms with van der Waals surface area (Å²) in [6.07, 6.45) is 3.24. The Morgan fingerprint density at radius 2 is 2.47 bits per heavy atom. The van der Waals surface area contributed by atoms with Crippen LogP contribution >= 0.6 is 27.3 Å². The average molecular weight is 313 g/mol. The van der Waals surface area contributed by atoms with Gasteiger partial charge in [0, 0.05) is 11.3 Å². The first-order chi connectivity index (χ1) is 8.25. The Bertz CT molecular complexity index is 521. The van der Waals surface area contributed by atoms with Gasteiger partial charge in [-0.2, -0.15) is 0 Å². The van der Waals surface area contributed by atoms with E-state index >= 15 is 0 Å². The molecule has 1 unspecified atom stereocenters. The largest absolute Gasteiger partial charge is 0.373 e. The molecule has 0 saturated heterocycles. The van der Waals surface area contributed by atoms with Crippen molar-refractivity contribution in [3.05, 3.63) is 38.5 Å². The predicted octanol–water partition coefficient (Wildman–Crippen LogP) is 3.13. The summed E-state index contributed by atoms with van der Waals surface area (Å²) in [6.45, 7) is 0. The summed E-state index contributed by atoms with van der Waals surface area (Å²) in [5, 5.41) is 12.2. The highest BCUT2D eigenvalue weighted by Crippen LogP contribution is 2.31. The second kappa shape index (κ2) is 4.55. The first-order valence-electron chi connectivity index (χ1n) is 5.71. The molecule has 3 heterocycles. The standard InChI is InChI=1S/C12H13BrN2OS/c13-12-9-4-1-5-11(16)15(9)10(14-12)7-8-3-2-6-17-8/h2-3,6,11,16H,1,4-5,7H2. The fourth-order valence-corrected chi connectivity index (χ4v) is 3.63. The summed E-state index contributed by atoms with van der Waals surface area (Å²) in [7, 11) is 0. The third-order valence-electron chi connectivity index (χ3n) is 3.12. The van der Waals surface area contributed by atoms with E-state index in [1.54, 1.807) is 11.3 Å². The Morgan fingerprint density at radius 1 is 1.59 bits per heavy atom. The predicted molar refractivity (Wildman–Crippen MR) is 71.2 cm³/mol. The molecule has 0 aliphatic carbocycles. The summed E-state index contributed by atoms with van der Waals surface area (Å²) >= 11 is 5.22. The van der Waals surface area contributed by atoms with E-state index in [1.807, 2.05) is 10.6 Å². The van der Waals surface area contributed by atoms with Crippen molar-refractivity contribution >= 4 is 27.3 Å². The van der Waals surface area contributed by atoms with E-state index in [0.29, 0.717) is 0 Å². The topological polar surface area (TPSA) is 38.1 Å². The third kappa shape index (κ3) is 2.07. The number of aliphatic hydroxyl groups excluding tert-OH is 1. The van der Waals surface area contributed by atoms with Gasteiger partial charge < -0.3 is 9.67 Å². The molecule has 0 aromatic carbocycles. The molecule has 3 nitrogen and oxygen atoms in total. The molecule has 90 valence electrons. The van der Waals surface area contributed by atoms with Gasteiger partial charge in [0.2, 0.25) is 0 Å². The molecule has 5 heteroatoms. The maximum atomic E-state index is 10.1. The van der Waals surface area contributed by atoms with Gasteiger partial charge in [-0.3, -0.25) is 0 Å². The van der Waals surface area contributed by atoms with Gasteiger partial charge in [0.25, 0.3) is 0 Å². The maximum Gasteiger partial charge on any atom is 0.132 e. The van der Waals surface area contributed by atoms with Gasteiger partial charge in [-0.25, -0.2) is 4.98 Å². The quantitative estimate of drug-likeness (QED) is 0.925. The molecule has 1 N–H and O–H groups in total. The lowest BCUT2D eigenvalue weighted by Crippen LogP contribution is -2.19. The summed E-state index contributed by atoms with van der Waals surface area (Å²) in [6, 6.07) is 4.15. The normalized spacial score (nSPS) is 19.3. The summed E-state index contributed by atoms with van der Waals surface area (Å²) < 4.78 is 2.88. The third-order valence-corrected chi connectivity index (χ3v) is 4.63. The van der Waals surface area contributed by atoms with Crippen LogP contribution in [0.1, 0.15) is 35.5 Å². The molecular formula is C12H13BrN2OS. The SMILES string of the molecule is OC1CCCc2c(Br)nc(Cc3cccs3)n21. The number of aromatic nitrogens is 2. The Labute approximate surface area is 112 Å². The first kappa shape index (κ1) is 11.4. The lowest BCUT2D eigenvalue weighted by atomic mass is 10.1. The van der Waals surface area contributed by atoms with Crippen LogP contribution in [0.5, 0.6) is 0 Å². The van der Waals surface area contributed by atoms with E-state index in [0.717, 1.165) is 41.8 Å². The summed E-state index contributed by atoms with van der Waals surface area (Å²) in [5.74, 6) is 0.960. The zero-order chi connectivity index (χ0) is 11.8. The summed E-state index contributed by atoms with van der Waals surface area (Å²) in [5.41, 5.74) is 1.13. The van der Waals surface area contributed by atoms with Crippen LogP contribution in [0.3, 0.4) is 0 Å². The molecule has 0 fully saturated rings. The van der Waals surface area contributed by atoms with Gasteiger partial charge in [-0.05, 0) is 46.6 Å². The van der Waals surface area contributed by atoms with Gasteiger partial charge in [0.1, 0.15) is 16.7 Å². The van der Waals surface area contributed by atoms with Crippen molar-refractivity contribution < 1.29 is 5.11 Å². The van der Waals surface area contributed by atoms with E-state index in [2.05, 4.69) is 32.4 Å². The van der Waals surface area contributed by atoms with Crippen LogP contribution in [0.4, 0.5) is 0 Å². The number of halogens is 1. The Kier molecular flexibility index (Phi) is 3.06.